The van der Waals surface area contributed by atoms with Crippen molar-refractivity contribution in [1.82, 2.24) is 20.3 Å². The van der Waals surface area contributed by atoms with Crippen LogP contribution in [0, 0.1) is 12.8 Å². The molecule has 0 amide bonds. The third-order valence-corrected chi connectivity index (χ3v) is 7.00. The molecule has 1 saturated heterocycles. The minimum atomic E-state index is -0.293. The Morgan fingerprint density at radius 3 is 2.84 bits per heavy atom. The molecular weight excluding hydrogens is 465 g/mol. The number of ether oxygens (including phenoxy) is 1. The molecule has 0 bridgehead atoms. The van der Waals surface area contributed by atoms with E-state index < -0.39 is 0 Å². The summed E-state index contributed by atoms with van der Waals surface area (Å²) in [6.45, 7) is 5.66. The van der Waals surface area contributed by atoms with Crippen molar-refractivity contribution in [2.75, 3.05) is 25.1 Å². The Balaban J connectivity index is 1.45. The maximum atomic E-state index is 13.0. The van der Waals surface area contributed by atoms with Gasteiger partial charge in [0.2, 0.25) is 11.8 Å². The number of pyridine rings is 1. The Labute approximate surface area is 217 Å². The fourth-order valence-corrected chi connectivity index (χ4v) is 4.84. The lowest BCUT2D eigenvalue weighted by molar-refractivity contribution is 0.366. The lowest BCUT2D eigenvalue weighted by atomic mass is 9.95. The Morgan fingerprint density at radius 2 is 2.00 bits per heavy atom. The molecule has 37 heavy (non-hydrogen) atoms. The molecule has 3 heterocycles. The van der Waals surface area contributed by atoms with Gasteiger partial charge in [0, 0.05) is 30.4 Å². The van der Waals surface area contributed by atoms with Gasteiger partial charge in [0.15, 0.2) is 0 Å². The van der Waals surface area contributed by atoms with Crippen LogP contribution in [-0.4, -0.2) is 40.8 Å². The standard InChI is InChI=1S/C30H34FN5O/c1-20(18-31)10-12-22-6-3-8-25-24(22)13-11-21(2)28(25)37-29-26(9-5-16-33-29)27-14-17-34-30(36-27)35-23-7-4-15-32-19-23/h3,5-6,8-9,11,13-14,16-17,20,23,32H,4,7,10,12,15,18-19H2,1-2H3,(H,34,35,36)/t20-,23+/m1/s1. The third-order valence-electron chi connectivity index (χ3n) is 7.00. The first-order chi connectivity index (χ1) is 18.1. The summed E-state index contributed by atoms with van der Waals surface area (Å²) in [6, 6.07) is 16.5. The number of anilines is 1. The molecule has 0 radical (unpaired) electrons. The molecule has 5 rings (SSSR count). The fraction of sp³-hybridized carbons (Fsp3) is 0.367. The average molecular weight is 500 g/mol. The number of benzene rings is 2. The maximum absolute atomic E-state index is 13.0. The van der Waals surface area contributed by atoms with Gasteiger partial charge < -0.3 is 15.4 Å². The first-order valence-corrected chi connectivity index (χ1v) is 13.1. The number of alkyl halides is 1. The summed E-state index contributed by atoms with van der Waals surface area (Å²) >= 11 is 0. The maximum Gasteiger partial charge on any atom is 0.228 e. The molecule has 1 fully saturated rings. The molecule has 0 aliphatic carbocycles. The number of nitrogens with one attached hydrogen (secondary N) is 2. The van der Waals surface area contributed by atoms with Gasteiger partial charge in [0.05, 0.1) is 17.9 Å². The molecule has 192 valence electrons. The van der Waals surface area contributed by atoms with Crippen LogP contribution >= 0.6 is 0 Å². The average Bonchev–Trinajstić information content (AvgIpc) is 2.94. The van der Waals surface area contributed by atoms with Gasteiger partial charge in [-0.05, 0) is 79.8 Å². The van der Waals surface area contributed by atoms with E-state index >= 15 is 0 Å². The van der Waals surface area contributed by atoms with Crippen molar-refractivity contribution >= 4 is 16.7 Å². The van der Waals surface area contributed by atoms with Crippen LogP contribution in [0.2, 0.25) is 0 Å². The van der Waals surface area contributed by atoms with Crippen molar-refractivity contribution in [1.29, 1.82) is 0 Å². The number of nitrogens with zero attached hydrogens (tertiary/aromatic N) is 3. The van der Waals surface area contributed by atoms with E-state index in [1.807, 2.05) is 38.1 Å². The number of fused-ring (bicyclic) bond motifs is 1. The zero-order chi connectivity index (χ0) is 25.6. The van der Waals surface area contributed by atoms with Crippen molar-refractivity contribution in [2.45, 2.75) is 45.6 Å². The van der Waals surface area contributed by atoms with Crippen molar-refractivity contribution < 1.29 is 9.13 Å². The molecule has 1 aliphatic rings. The summed E-state index contributed by atoms with van der Waals surface area (Å²) < 4.78 is 19.6. The first-order valence-electron chi connectivity index (χ1n) is 13.1. The van der Waals surface area contributed by atoms with Gasteiger partial charge in [0.25, 0.3) is 0 Å². The van der Waals surface area contributed by atoms with Crippen molar-refractivity contribution in [2.24, 2.45) is 5.92 Å². The number of aryl methyl sites for hydroxylation is 2. The van der Waals surface area contributed by atoms with Gasteiger partial charge in [-0.25, -0.2) is 15.0 Å². The number of halogens is 1. The second kappa shape index (κ2) is 11.6. The van der Waals surface area contributed by atoms with Crippen LogP contribution in [0.3, 0.4) is 0 Å². The summed E-state index contributed by atoms with van der Waals surface area (Å²) in [6.07, 6.45) is 7.37. The Hall–Kier alpha value is -3.58. The van der Waals surface area contributed by atoms with Crippen LogP contribution in [0.15, 0.2) is 60.9 Å². The molecule has 4 aromatic rings. The molecule has 7 heteroatoms. The lowest BCUT2D eigenvalue weighted by Crippen LogP contribution is -2.38. The molecule has 0 saturated carbocycles. The van der Waals surface area contributed by atoms with Gasteiger partial charge in [-0.2, -0.15) is 0 Å². The molecule has 2 atom stereocenters. The minimum Gasteiger partial charge on any atom is -0.437 e. The van der Waals surface area contributed by atoms with E-state index in [4.69, 9.17) is 9.72 Å². The largest absolute Gasteiger partial charge is 0.437 e. The number of hydrogen-bond donors (Lipinski definition) is 2. The monoisotopic (exact) mass is 499 g/mol. The summed E-state index contributed by atoms with van der Waals surface area (Å²) in [5.74, 6) is 1.93. The highest BCUT2D eigenvalue weighted by molar-refractivity contribution is 5.92. The zero-order valence-electron chi connectivity index (χ0n) is 21.5. The van der Waals surface area contributed by atoms with Gasteiger partial charge in [-0.1, -0.05) is 37.3 Å². The molecule has 6 nitrogen and oxygen atoms in total. The summed E-state index contributed by atoms with van der Waals surface area (Å²) in [7, 11) is 0. The molecule has 2 aromatic heterocycles. The van der Waals surface area contributed by atoms with Crippen molar-refractivity contribution in [3.8, 4) is 22.9 Å². The molecular formula is C30H34FN5O. The van der Waals surface area contributed by atoms with Gasteiger partial charge in [-0.15, -0.1) is 0 Å². The second-order valence-corrected chi connectivity index (χ2v) is 9.93. The number of aromatic nitrogens is 3. The summed E-state index contributed by atoms with van der Waals surface area (Å²) in [4.78, 5) is 13.8. The Bertz CT molecular complexity index is 1360. The van der Waals surface area contributed by atoms with Gasteiger partial charge in [-0.3, -0.25) is 4.39 Å². The van der Waals surface area contributed by atoms with Crippen LogP contribution in [0.4, 0.5) is 10.3 Å². The third kappa shape index (κ3) is 5.88. The van der Waals surface area contributed by atoms with E-state index in [2.05, 4.69) is 44.9 Å². The smallest absolute Gasteiger partial charge is 0.228 e. The van der Waals surface area contributed by atoms with Crippen LogP contribution in [-0.2, 0) is 6.42 Å². The number of piperidine rings is 1. The van der Waals surface area contributed by atoms with Crippen LogP contribution in [0.25, 0.3) is 22.0 Å². The topological polar surface area (TPSA) is 72.0 Å². The fourth-order valence-electron chi connectivity index (χ4n) is 4.84. The van der Waals surface area contributed by atoms with E-state index in [-0.39, 0.29) is 12.6 Å². The molecule has 0 spiro atoms. The van der Waals surface area contributed by atoms with Crippen LogP contribution in [0.5, 0.6) is 11.6 Å². The molecule has 2 N–H and O–H groups in total. The zero-order valence-corrected chi connectivity index (χ0v) is 21.5. The van der Waals surface area contributed by atoms with Crippen molar-refractivity contribution in [3.05, 3.63) is 72.1 Å². The molecule has 1 aliphatic heterocycles. The molecule has 0 unspecified atom stereocenters. The predicted octanol–water partition coefficient (Wildman–Crippen LogP) is 6.49. The Morgan fingerprint density at radius 1 is 1.08 bits per heavy atom. The van der Waals surface area contributed by atoms with E-state index in [0.717, 1.165) is 72.1 Å². The number of hydrogen-bond acceptors (Lipinski definition) is 6. The second-order valence-electron chi connectivity index (χ2n) is 9.93. The van der Waals surface area contributed by atoms with Crippen LogP contribution < -0.4 is 15.4 Å². The summed E-state index contributed by atoms with van der Waals surface area (Å²) in [5, 5.41) is 9.02. The van der Waals surface area contributed by atoms with E-state index in [1.54, 1.807) is 12.4 Å². The SMILES string of the molecule is Cc1ccc2c(CC[C@@H](C)CF)cccc2c1Oc1ncccc1-c1ccnc(N[C@H]2CCCNC2)n1. The summed E-state index contributed by atoms with van der Waals surface area (Å²) in [5.41, 5.74) is 3.78. The van der Waals surface area contributed by atoms with E-state index in [1.165, 1.54) is 5.56 Å². The highest BCUT2D eigenvalue weighted by Crippen LogP contribution is 2.37. The lowest BCUT2D eigenvalue weighted by Gasteiger charge is -2.23. The van der Waals surface area contributed by atoms with Gasteiger partial charge >= 0.3 is 0 Å². The Kier molecular flexibility index (Phi) is 7.90. The highest BCUT2D eigenvalue weighted by Gasteiger charge is 2.17. The number of rotatable bonds is 9. The highest BCUT2D eigenvalue weighted by atomic mass is 19.1. The van der Waals surface area contributed by atoms with Gasteiger partial charge in [0.1, 0.15) is 5.75 Å². The predicted molar refractivity (Wildman–Crippen MR) is 147 cm³/mol. The van der Waals surface area contributed by atoms with Crippen molar-refractivity contribution in [3.63, 3.8) is 0 Å². The van der Waals surface area contributed by atoms with E-state index in [0.29, 0.717) is 17.9 Å². The molecule has 2 aromatic carbocycles. The quantitative estimate of drug-likeness (QED) is 0.274. The van der Waals surface area contributed by atoms with E-state index in [9.17, 15) is 4.39 Å². The minimum absolute atomic E-state index is 0.0501. The first kappa shape index (κ1) is 25.1. The normalized spacial score (nSPS) is 16.5. The van der Waals surface area contributed by atoms with Crippen LogP contribution in [0.1, 0.15) is 37.3 Å².